The topological polar surface area (TPSA) is 55.8 Å². The lowest BCUT2D eigenvalue weighted by molar-refractivity contribution is -0.144. The van der Waals surface area contributed by atoms with Gasteiger partial charge in [-0.25, -0.2) is 4.39 Å². The molecule has 2 aromatic rings. The molecule has 0 spiro atoms. The van der Waals surface area contributed by atoms with Crippen LogP contribution in [0.1, 0.15) is 37.3 Å². The smallest absolute Gasteiger partial charge is 0.305 e. The van der Waals surface area contributed by atoms with Crippen molar-refractivity contribution in [2.75, 3.05) is 13.2 Å². The first-order valence-corrected chi connectivity index (χ1v) is 12.1. The van der Waals surface area contributed by atoms with Crippen molar-refractivity contribution in [2.24, 2.45) is 0 Å². The second kappa shape index (κ2) is 12.2. The normalized spacial score (nSPS) is 14.8. The molecule has 1 saturated heterocycles. The van der Waals surface area contributed by atoms with E-state index in [-0.39, 0.29) is 24.9 Å². The maximum atomic E-state index is 13.9. The Labute approximate surface area is 206 Å². The highest BCUT2D eigenvalue weighted by molar-refractivity contribution is 8.26. The van der Waals surface area contributed by atoms with Gasteiger partial charge in [-0.1, -0.05) is 60.7 Å². The molecule has 0 radical (unpaired) electrons. The van der Waals surface area contributed by atoms with Gasteiger partial charge < -0.3 is 9.47 Å². The number of ether oxygens (including phenoxy) is 2. The van der Waals surface area contributed by atoms with E-state index in [1.54, 1.807) is 42.5 Å². The molecule has 2 aromatic carbocycles. The molecule has 1 aliphatic rings. The Morgan fingerprint density at radius 1 is 1.24 bits per heavy atom. The summed E-state index contributed by atoms with van der Waals surface area (Å²) in [4.78, 5) is 26.4. The van der Waals surface area contributed by atoms with Crippen molar-refractivity contribution >= 4 is 57.9 Å². The number of carbonyl (C=O) groups excluding carboxylic acids is 2. The van der Waals surface area contributed by atoms with Gasteiger partial charge >= 0.3 is 5.97 Å². The third-order valence-electron chi connectivity index (χ3n) is 4.73. The Bertz CT molecular complexity index is 1040. The van der Waals surface area contributed by atoms with Crippen molar-refractivity contribution in [1.82, 2.24) is 4.90 Å². The second-order valence-corrected chi connectivity index (χ2v) is 9.30. The number of thiocarbonyl (C=S) groups is 1. The maximum Gasteiger partial charge on any atom is 0.305 e. The van der Waals surface area contributed by atoms with Crippen LogP contribution in [0.5, 0.6) is 5.75 Å². The number of rotatable bonds is 10. The summed E-state index contributed by atoms with van der Waals surface area (Å²) in [5.41, 5.74) is 1.10. The Hall–Kier alpha value is -2.42. The minimum atomic E-state index is -0.418. The average molecular weight is 508 g/mol. The molecule has 5 nitrogen and oxygen atoms in total. The lowest BCUT2D eigenvalue weighted by Gasteiger charge is -2.13. The van der Waals surface area contributed by atoms with E-state index in [1.165, 1.54) is 22.7 Å². The zero-order chi connectivity index (χ0) is 23.8. The number of amides is 1. The summed E-state index contributed by atoms with van der Waals surface area (Å²) in [6.45, 7) is 2.72. The predicted octanol–water partition coefficient (Wildman–Crippen LogP) is 5.99. The fourth-order valence-corrected chi connectivity index (χ4v) is 4.53. The second-order valence-electron chi connectivity index (χ2n) is 7.22. The van der Waals surface area contributed by atoms with Crippen molar-refractivity contribution < 1.29 is 23.5 Å². The van der Waals surface area contributed by atoms with Gasteiger partial charge in [0.25, 0.3) is 5.91 Å². The molecular weight excluding hydrogens is 485 g/mol. The minimum Gasteiger partial charge on any atom is -0.489 e. The van der Waals surface area contributed by atoms with E-state index >= 15 is 0 Å². The Kier molecular flexibility index (Phi) is 9.29. The molecule has 1 amide bonds. The molecule has 1 aliphatic heterocycles. The van der Waals surface area contributed by atoms with Crippen LogP contribution in [0.4, 0.5) is 4.39 Å². The number of halogens is 2. The van der Waals surface area contributed by atoms with E-state index in [9.17, 15) is 14.0 Å². The summed E-state index contributed by atoms with van der Waals surface area (Å²) in [5, 5.41) is 0.312. The number of carbonyl (C=O) groups is 2. The van der Waals surface area contributed by atoms with Gasteiger partial charge in [-0.3, -0.25) is 14.5 Å². The average Bonchev–Trinajstić information content (AvgIpc) is 3.05. The van der Waals surface area contributed by atoms with E-state index in [0.717, 1.165) is 12.0 Å². The maximum absolute atomic E-state index is 13.9. The number of esters is 1. The van der Waals surface area contributed by atoms with Crippen LogP contribution in [0.2, 0.25) is 5.02 Å². The number of nitrogens with zero attached hydrogens (tertiary/aromatic N) is 1. The third-order valence-corrected chi connectivity index (χ3v) is 6.46. The summed E-state index contributed by atoms with van der Waals surface area (Å²) in [6.07, 6.45) is 3.26. The van der Waals surface area contributed by atoms with Gasteiger partial charge in [-0.15, -0.1) is 0 Å². The van der Waals surface area contributed by atoms with Crippen molar-refractivity contribution in [3.8, 4) is 5.75 Å². The molecule has 3 rings (SSSR count). The number of hydrogen-bond acceptors (Lipinski definition) is 6. The van der Waals surface area contributed by atoms with Crippen LogP contribution in [-0.2, 0) is 20.9 Å². The highest BCUT2D eigenvalue weighted by Gasteiger charge is 2.31. The minimum absolute atomic E-state index is 0.00942. The molecule has 0 aromatic heterocycles. The summed E-state index contributed by atoms with van der Waals surface area (Å²) in [6, 6.07) is 11.6. The lowest BCUT2D eigenvalue weighted by Crippen LogP contribution is -2.29. The first kappa shape index (κ1) is 25.2. The molecule has 0 N–H and O–H groups in total. The molecule has 1 fully saturated rings. The molecule has 1 heterocycles. The summed E-state index contributed by atoms with van der Waals surface area (Å²) < 4.78 is 25.0. The number of hydrogen-bond donors (Lipinski definition) is 0. The van der Waals surface area contributed by atoms with Crippen LogP contribution < -0.4 is 4.74 Å². The van der Waals surface area contributed by atoms with Gasteiger partial charge in [0.2, 0.25) is 0 Å². The van der Waals surface area contributed by atoms with Gasteiger partial charge in [0.15, 0.2) is 0 Å². The van der Waals surface area contributed by atoms with Crippen molar-refractivity contribution in [3.63, 3.8) is 0 Å². The summed E-state index contributed by atoms with van der Waals surface area (Å²) in [5.74, 6) is -0.313. The van der Waals surface area contributed by atoms with E-state index in [0.29, 0.717) is 45.1 Å². The Morgan fingerprint density at radius 3 is 2.70 bits per heavy atom. The molecule has 0 atom stereocenters. The molecule has 0 aliphatic carbocycles. The standard InChI is InChI=1S/C24H23ClFNO4S2/c1-2-13-30-22(28)7-4-12-27-23(29)21(33-24(27)32)14-16-8-10-17(11-9-16)31-15-18-19(25)5-3-6-20(18)26/h3,5-6,8-11,14H,2,4,7,12-13,15H2,1H3/b21-14+. The molecule has 0 bridgehead atoms. The lowest BCUT2D eigenvalue weighted by atomic mass is 10.2. The van der Waals surface area contributed by atoms with Crippen molar-refractivity contribution in [1.29, 1.82) is 0 Å². The zero-order valence-electron chi connectivity index (χ0n) is 18.0. The first-order chi connectivity index (χ1) is 15.9. The van der Waals surface area contributed by atoms with Crippen LogP contribution in [0.25, 0.3) is 6.08 Å². The zero-order valence-corrected chi connectivity index (χ0v) is 20.4. The largest absolute Gasteiger partial charge is 0.489 e. The van der Waals surface area contributed by atoms with E-state index in [4.69, 9.17) is 33.3 Å². The molecule has 174 valence electrons. The number of thioether (sulfide) groups is 1. The predicted molar refractivity (Wildman–Crippen MR) is 133 cm³/mol. The molecule has 33 heavy (non-hydrogen) atoms. The van der Waals surface area contributed by atoms with Gasteiger partial charge in [-0.05, 0) is 48.7 Å². The van der Waals surface area contributed by atoms with Gasteiger partial charge in [0.05, 0.1) is 16.5 Å². The van der Waals surface area contributed by atoms with E-state index in [2.05, 4.69) is 0 Å². The number of benzene rings is 2. The van der Waals surface area contributed by atoms with Crippen molar-refractivity contribution in [2.45, 2.75) is 32.8 Å². The van der Waals surface area contributed by atoms with Crippen LogP contribution in [0.15, 0.2) is 47.4 Å². The molecule has 0 saturated carbocycles. The fourth-order valence-electron chi connectivity index (χ4n) is 3.00. The van der Waals surface area contributed by atoms with Crippen LogP contribution in [0.3, 0.4) is 0 Å². The monoisotopic (exact) mass is 507 g/mol. The third kappa shape index (κ3) is 7.03. The van der Waals surface area contributed by atoms with Crippen molar-refractivity contribution in [3.05, 3.63) is 69.3 Å². The van der Waals surface area contributed by atoms with Crippen LogP contribution in [-0.4, -0.2) is 34.2 Å². The fraction of sp³-hybridized carbons (Fsp3) is 0.292. The van der Waals surface area contributed by atoms with Gasteiger partial charge in [-0.2, -0.15) is 0 Å². The van der Waals surface area contributed by atoms with Crippen LogP contribution >= 0.6 is 35.6 Å². The summed E-state index contributed by atoms with van der Waals surface area (Å²) in [7, 11) is 0. The Morgan fingerprint density at radius 2 is 2.00 bits per heavy atom. The molecule has 9 heteroatoms. The van der Waals surface area contributed by atoms with Gasteiger partial charge in [0, 0.05) is 18.5 Å². The summed E-state index contributed by atoms with van der Waals surface area (Å²) >= 11 is 12.6. The first-order valence-electron chi connectivity index (χ1n) is 10.5. The highest BCUT2D eigenvalue weighted by Crippen LogP contribution is 2.33. The van der Waals surface area contributed by atoms with E-state index in [1.807, 2.05) is 6.92 Å². The molecule has 0 unspecified atom stereocenters. The molecular formula is C24H23ClFNO4S2. The highest BCUT2D eigenvalue weighted by atomic mass is 35.5. The Balaban J connectivity index is 1.55. The van der Waals surface area contributed by atoms with Crippen LogP contribution in [0, 0.1) is 5.82 Å². The van der Waals surface area contributed by atoms with Gasteiger partial charge in [0.1, 0.15) is 22.5 Å². The SMILES string of the molecule is CCCOC(=O)CCCN1C(=O)/C(=C\c2ccc(OCc3c(F)cccc3Cl)cc2)SC1=S. The van der Waals surface area contributed by atoms with E-state index < -0.39 is 5.82 Å². The quantitative estimate of drug-likeness (QED) is 0.223.